The van der Waals surface area contributed by atoms with Gasteiger partial charge in [-0.15, -0.1) is 10.2 Å². The molecule has 0 saturated carbocycles. The SMILES string of the molecule is CCc1nnc(NC(C)c2ccc(N(C)C)cc2)s1. The fourth-order valence-electron chi connectivity index (χ4n) is 1.78. The van der Waals surface area contributed by atoms with E-state index in [-0.39, 0.29) is 6.04 Å². The second-order valence-electron chi connectivity index (χ2n) is 4.71. The Morgan fingerprint density at radius 2 is 1.89 bits per heavy atom. The first-order valence-electron chi connectivity index (χ1n) is 6.46. The molecule has 0 bridgehead atoms. The van der Waals surface area contributed by atoms with Crippen LogP contribution in [0.4, 0.5) is 10.8 Å². The van der Waals surface area contributed by atoms with Crippen molar-refractivity contribution in [1.82, 2.24) is 10.2 Å². The third-order valence-corrected chi connectivity index (χ3v) is 4.02. The Labute approximate surface area is 118 Å². The van der Waals surface area contributed by atoms with Crippen molar-refractivity contribution >= 4 is 22.2 Å². The van der Waals surface area contributed by atoms with Crippen LogP contribution in [0.15, 0.2) is 24.3 Å². The summed E-state index contributed by atoms with van der Waals surface area (Å²) in [4.78, 5) is 2.10. The Morgan fingerprint density at radius 1 is 1.21 bits per heavy atom. The summed E-state index contributed by atoms with van der Waals surface area (Å²) in [5.41, 5.74) is 2.46. The van der Waals surface area contributed by atoms with Crippen molar-refractivity contribution in [3.05, 3.63) is 34.8 Å². The molecule has 2 rings (SSSR count). The van der Waals surface area contributed by atoms with Gasteiger partial charge >= 0.3 is 0 Å². The summed E-state index contributed by atoms with van der Waals surface area (Å²) in [6, 6.07) is 8.79. The Bertz CT molecular complexity index is 518. The van der Waals surface area contributed by atoms with Crippen LogP contribution in [0.2, 0.25) is 0 Å². The maximum Gasteiger partial charge on any atom is 0.206 e. The van der Waals surface area contributed by atoms with Gasteiger partial charge in [0.1, 0.15) is 5.01 Å². The number of aromatic nitrogens is 2. The van der Waals surface area contributed by atoms with E-state index in [0.29, 0.717) is 0 Å². The van der Waals surface area contributed by atoms with Crippen molar-refractivity contribution in [1.29, 1.82) is 0 Å². The second kappa shape index (κ2) is 6.02. The average molecular weight is 276 g/mol. The lowest BCUT2D eigenvalue weighted by molar-refractivity contribution is 0.869. The highest BCUT2D eigenvalue weighted by Crippen LogP contribution is 2.23. The monoisotopic (exact) mass is 276 g/mol. The zero-order valence-corrected chi connectivity index (χ0v) is 12.7. The van der Waals surface area contributed by atoms with Gasteiger partial charge in [-0.2, -0.15) is 0 Å². The normalized spacial score (nSPS) is 12.2. The maximum absolute atomic E-state index is 4.15. The first-order valence-corrected chi connectivity index (χ1v) is 7.28. The molecule has 2 aromatic rings. The lowest BCUT2D eigenvalue weighted by Crippen LogP contribution is -2.10. The largest absolute Gasteiger partial charge is 0.378 e. The maximum atomic E-state index is 4.15. The van der Waals surface area contributed by atoms with Crippen molar-refractivity contribution < 1.29 is 0 Å². The van der Waals surface area contributed by atoms with E-state index in [2.05, 4.69) is 58.5 Å². The number of benzene rings is 1. The molecule has 0 fully saturated rings. The van der Waals surface area contributed by atoms with Crippen LogP contribution in [0.3, 0.4) is 0 Å². The molecule has 0 amide bonds. The van der Waals surface area contributed by atoms with Crippen LogP contribution < -0.4 is 10.2 Å². The predicted octanol–water partition coefficient (Wildman–Crippen LogP) is 3.34. The summed E-state index contributed by atoms with van der Waals surface area (Å²) < 4.78 is 0. The smallest absolute Gasteiger partial charge is 0.206 e. The Morgan fingerprint density at radius 3 is 2.42 bits per heavy atom. The molecule has 0 aliphatic heterocycles. The van der Waals surface area contributed by atoms with Crippen molar-refractivity contribution in [3.8, 4) is 0 Å². The molecular weight excluding hydrogens is 256 g/mol. The summed E-state index contributed by atoms with van der Waals surface area (Å²) in [5, 5.41) is 13.6. The van der Waals surface area contributed by atoms with Crippen molar-refractivity contribution in [2.24, 2.45) is 0 Å². The van der Waals surface area contributed by atoms with Gasteiger partial charge in [-0.1, -0.05) is 30.4 Å². The highest BCUT2D eigenvalue weighted by molar-refractivity contribution is 7.15. The summed E-state index contributed by atoms with van der Waals surface area (Å²) in [7, 11) is 4.09. The van der Waals surface area contributed by atoms with E-state index in [1.807, 2.05) is 14.1 Å². The van der Waals surface area contributed by atoms with Gasteiger partial charge in [0, 0.05) is 19.8 Å². The minimum absolute atomic E-state index is 0.230. The van der Waals surface area contributed by atoms with Crippen LogP contribution >= 0.6 is 11.3 Å². The number of hydrogen-bond donors (Lipinski definition) is 1. The van der Waals surface area contributed by atoms with Gasteiger partial charge in [-0.25, -0.2) is 0 Å². The molecule has 19 heavy (non-hydrogen) atoms. The predicted molar refractivity (Wildman–Crippen MR) is 82.1 cm³/mol. The van der Waals surface area contributed by atoms with E-state index in [9.17, 15) is 0 Å². The lowest BCUT2D eigenvalue weighted by atomic mass is 10.1. The van der Waals surface area contributed by atoms with E-state index < -0.39 is 0 Å². The van der Waals surface area contributed by atoms with E-state index in [4.69, 9.17) is 0 Å². The minimum Gasteiger partial charge on any atom is -0.378 e. The van der Waals surface area contributed by atoms with Crippen molar-refractivity contribution in [2.75, 3.05) is 24.3 Å². The first kappa shape index (κ1) is 13.8. The van der Waals surface area contributed by atoms with Crippen LogP contribution in [0.25, 0.3) is 0 Å². The number of rotatable bonds is 5. The Kier molecular flexibility index (Phi) is 4.37. The summed E-state index contributed by atoms with van der Waals surface area (Å²) >= 11 is 1.62. The molecular formula is C14H20N4S. The number of anilines is 2. The number of hydrogen-bond acceptors (Lipinski definition) is 5. The number of nitrogens with one attached hydrogen (secondary N) is 1. The fourth-order valence-corrected chi connectivity index (χ4v) is 2.55. The summed E-state index contributed by atoms with van der Waals surface area (Å²) in [6.07, 6.45) is 0.936. The van der Waals surface area contributed by atoms with E-state index >= 15 is 0 Å². The molecule has 0 spiro atoms. The van der Waals surface area contributed by atoms with Gasteiger partial charge < -0.3 is 10.2 Å². The number of aryl methyl sites for hydroxylation is 1. The molecule has 0 radical (unpaired) electrons. The van der Waals surface area contributed by atoms with E-state index in [1.165, 1.54) is 11.3 Å². The molecule has 102 valence electrons. The third-order valence-electron chi connectivity index (χ3n) is 3.02. The standard InChI is InChI=1S/C14H20N4S/c1-5-13-16-17-14(19-13)15-10(2)11-6-8-12(9-7-11)18(3)4/h6-10H,5H2,1-4H3,(H,15,17). The summed E-state index contributed by atoms with van der Waals surface area (Å²) in [6.45, 7) is 4.23. The minimum atomic E-state index is 0.230. The second-order valence-corrected chi connectivity index (χ2v) is 5.77. The zero-order valence-electron chi connectivity index (χ0n) is 11.8. The molecule has 0 aliphatic carbocycles. The van der Waals surface area contributed by atoms with Crippen molar-refractivity contribution in [3.63, 3.8) is 0 Å². The van der Waals surface area contributed by atoms with Gasteiger partial charge in [0.15, 0.2) is 0 Å². The zero-order chi connectivity index (χ0) is 13.8. The van der Waals surface area contributed by atoms with E-state index in [0.717, 1.165) is 16.6 Å². The topological polar surface area (TPSA) is 41.1 Å². The third kappa shape index (κ3) is 3.44. The van der Waals surface area contributed by atoms with Crippen LogP contribution in [0.1, 0.15) is 30.5 Å². The molecule has 0 saturated heterocycles. The number of nitrogens with zero attached hydrogens (tertiary/aromatic N) is 3. The molecule has 1 aromatic heterocycles. The first-order chi connectivity index (χ1) is 9.10. The highest BCUT2D eigenvalue weighted by atomic mass is 32.1. The van der Waals surface area contributed by atoms with Crippen LogP contribution in [0, 0.1) is 0 Å². The Balaban J connectivity index is 2.04. The quantitative estimate of drug-likeness (QED) is 0.909. The van der Waals surface area contributed by atoms with Gasteiger partial charge in [0.2, 0.25) is 5.13 Å². The van der Waals surface area contributed by atoms with Crippen LogP contribution in [-0.4, -0.2) is 24.3 Å². The molecule has 1 heterocycles. The molecule has 1 N–H and O–H groups in total. The fraction of sp³-hybridized carbons (Fsp3) is 0.429. The molecule has 1 unspecified atom stereocenters. The van der Waals surface area contributed by atoms with Gasteiger partial charge in [0.05, 0.1) is 6.04 Å². The average Bonchev–Trinajstić information content (AvgIpc) is 2.86. The Hall–Kier alpha value is -1.62. The van der Waals surface area contributed by atoms with E-state index in [1.54, 1.807) is 11.3 Å². The van der Waals surface area contributed by atoms with Crippen LogP contribution in [-0.2, 0) is 6.42 Å². The molecule has 5 heteroatoms. The molecule has 0 aliphatic rings. The lowest BCUT2D eigenvalue weighted by Gasteiger charge is -2.16. The van der Waals surface area contributed by atoms with Gasteiger partial charge in [-0.05, 0) is 31.0 Å². The molecule has 1 aromatic carbocycles. The van der Waals surface area contributed by atoms with Gasteiger partial charge in [0.25, 0.3) is 0 Å². The highest BCUT2D eigenvalue weighted by Gasteiger charge is 2.09. The van der Waals surface area contributed by atoms with Gasteiger partial charge in [-0.3, -0.25) is 0 Å². The molecule has 4 nitrogen and oxygen atoms in total. The summed E-state index contributed by atoms with van der Waals surface area (Å²) in [5.74, 6) is 0. The van der Waals surface area contributed by atoms with Crippen LogP contribution in [0.5, 0.6) is 0 Å². The molecule has 1 atom stereocenters. The van der Waals surface area contributed by atoms with Crippen molar-refractivity contribution in [2.45, 2.75) is 26.3 Å².